The van der Waals surface area contributed by atoms with Gasteiger partial charge in [0.05, 0.1) is 30.0 Å². The molecule has 5 rings (SSSR count). The summed E-state index contributed by atoms with van der Waals surface area (Å²) in [4.78, 5) is 54.1. The van der Waals surface area contributed by atoms with Crippen molar-refractivity contribution in [1.82, 2.24) is 0 Å². The molecule has 0 aromatic heterocycles. The van der Waals surface area contributed by atoms with Gasteiger partial charge in [0.15, 0.2) is 0 Å². The lowest BCUT2D eigenvalue weighted by atomic mass is 9.81. The molecule has 3 fully saturated rings. The molecule has 2 aliphatic heterocycles. The van der Waals surface area contributed by atoms with E-state index in [9.17, 15) is 19.2 Å². The molecular weight excluding hydrogens is 448 g/mol. The smallest absolute Gasteiger partial charge is 0.316 e. The number of imide groups is 1. The number of benzene rings is 2. The molecule has 0 bridgehead atoms. The minimum Gasteiger partial charge on any atom is -0.494 e. The summed E-state index contributed by atoms with van der Waals surface area (Å²) < 4.78 is 11.0. The quantitative estimate of drug-likeness (QED) is 0.358. The first-order valence-electron chi connectivity index (χ1n) is 12.2. The van der Waals surface area contributed by atoms with Crippen molar-refractivity contribution in [3.05, 3.63) is 48.5 Å². The number of carbonyl (C=O) groups is 4. The number of hydrogen-bond donors (Lipinski definition) is 0. The van der Waals surface area contributed by atoms with Gasteiger partial charge in [0.25, 0.3) is 0 Å². The maximum absolute atomic E-state index is 12.9. The van der Waals surface area contributed by atoms with Crippen LogP contribution in [0.2, 0.25) is 0 Å². The molecule has 1 saturated carbocycles. The molecule has 0 radical (unpaired) electrons. The lowest BCUT2D eigenvalue weighted by Gasteiger charge is -2.19. The molecular formula is C27H28N2O6. The predicted octanol–water partition coefficient (Wildman–Crippen LogP) is 3.72. The van der Waals surface area contributed by atoms with Gasteiger partial charge in [0.1, 0.15) is 11.5 Å². The number of hydrogen-bond acceptors (Lipinski definition) is 6. The van der Waals surface area contributed by atoms with Crippen molar-refractivity contribution in [3.63, 3.8) is 0 Å². The molecule has 8 heteroatoms. The summed E-state index contributed by atoms with van der Waals surface area (Å²) >= 11 is 0. The van der Waals surface area contributed by atoms with E-state index in [2.05, 4.69) is 0 Å². The van der Waals surface area contributed by atoms with E-state index in [-0.39, 0.29) is 48.3 Å². The van der Waals surface area contributed by atoms with Crippen molar-refractivity contribution in [1.29, 1.82) is 0 Å². The van der Waals surface area contributed by atoms with E-state index in [0.717, 1.165) is 25.7 Å². The second-order valence-corrected chi connectivity index (χ2v) is 9.26. The van der Waals surface area contributed by atoms with Crippen LogP contribution < -0.4 is 19.3 Å². The zero-order valence-electron chi connectivity index (χ0n) is 19.6. The fourth-order valence-electron chi connectivity index (χ4n) is 5.31. The van der Waals surface area contributed by atoms with Gasteiger partial charge in [0.2, 0.25) is 17.7 Å². The van der Waals surface area contributed by atoms with Crippen LogP contribution in [0.5, 0.6) is 11.5 Å². The van der Waals surface area contributed by atoms with Crippen LogP contribution in [0.3, 0.4) is 0 Å². The Bertz CT molecular complexity index is 1140. The Morgan fingerprint density at radius 1 is 0.914 bits per heavy atom. The van der Waals surface area contributed by atoms with Gasteiger partial charge in [-0.25, -0.2) is 4.90 Å². The molecule has 35 heavy (non-hydrogen) atoms. The third-order valence-electron chi connectivity index (χ3n) is 7.05. The summed E-state index contributed by atoms with van der Waals surface area (Å²) in [6.45, 7) is 2.67. The number of amides is 3. The van der Waals surface area contributed by atoms with E-state index >= 15 is 0 Å². The first-order chi connectivity index (χ1) is 17.0. The first kappa shape index (κ1) is 23.1. The fourth-order valence-corrected chi connectivity index (χ4v) is 5.31. The van der Waals surface area contributed by atoms with Crippen molar-refractivity contribution in [2.24, 2.45) is 17.8 Å². The zero-order valence-corrected chi connectivity index (χ0v) is 19.6. The molecule has 3 amide bonds. The van der Waals surface area contributed by atoms with Crippen molar-refractivity contribution in [2.45, 2.75) is 39.0 Å². The molecule has 2 aromatic carbocycles. The maximum Gasteiger partial charge on any atom is 0.316 e. The van der Waals surface area contributed by atoms with E-state index in [1.807, 2.05) is 6.92 Å². The van der Waals surface area contributed by atoms with Crippen LogP contribution in [0.15, 0.2) is 48.5 Å². The van der Waals surface area contributed by atoms with Gasteiger partial charge in [0, 0.05) is 24.7 Å². The fraction of sp³-hybridized carbons (Fsp3) is 0.407. The number of anilines is 2. The van der Waals surface area contributed by atoms with Crippen LogP contribution in [0.25, 0.3) is 0 Å². The van der Waals surface area contributed by atoms with E-state index in [0.29, 0.717) is 23.7 Å². The van der Waals surface area contributed by atoms with E-state index in [1.54, 1.807) is 53.4 Å². The third kappa shape index (κ3) is 4.40. The summed E-state index contributed by atoms with van der Waals surface area (Å²) in [5, 5.41) is 0. The van der Waals surface area contributed by atoms with Gasteiger partial charge >= 0.3 is 5.97 Å². The van der Waals surface area contributed by atoms with Crippen molar-refractivity contribution >= 4 is 35.1 Å². The molecule has 0 N–H and O–H groups in total. The summed E-state index contributed by atoms with van der Waals surface area (Å²) in [7, 11) is 0. The molecule has 2 heterocycles. The van der Waals surface area contributed by atoms with Gasteiger partial charge in [-0.15, -0.1) is 0 Å². The molecule has 3 aliphatic rings. The van der Waals surface area contributed by atoms with Crippen LogP contribution >= 0.6 is 0 Å². The second kappa shape index (κ2) is 9.52. The van der Waals surface area contributed by atoms with Crippen molar-refractivity contribution in [3.8, 4) is 11.5 Å². The minimum atomic E-state index is -0.615. The summed E-state index contributed by atoms with van der Waals surface area (Å²) in [5.74, 6) is -1.16. The number of fused-ring (bicyclic) bond motifs is 1. The van der Waals surface area contributed by atoms with E-state index < -0.39 is 11.9 Å². The van der Waals surface area contributed by atoms with Crippen LogP contribution in [-0.2, 0) is 19.2 Å². The lowest BCUT2D eigenvalue weighted by Crippen LogP contribution is -2.31. The number of carbonyl (C=O) groups excluding carboxylic acids is 4. The number of rotatable bonds is 6. The molecule has 2 saturated heterocycles. The lowest BCUT2D eigenvalue weighted by molar-refractivity contribution is -0.139. The Kier molecular flexibility index (Phi) is 6.28. The third-order valence-corrected chi connectivity index (χ3v) is 7.05. The highest BCUT2D eigenvalue weighted by Gasteiger charge is 2.48. The molecule has 3 atom stereocenters. The number of esters is 1. The summed E-state index contributed by atoms with van der Waals surface area (Å²) in [5.41, 5.74) is 1.11. The SMILES string of the molecule is CCOc1ccc(N2C[C@H](C(=O)Oc3cccc(N4C(=O)[C@H]5CCCC[C@@H]5C4=O)c3)CC2=O)cc1. The average Bonchev–Trinajstić information content (AvgIpc) is 3.37. The number of ether oxygens (including phenoxy) is 2. The van der Waals surface area contributed by atoms with E-state index in [4.69, 9.17) is 9.47 Å². The van der Waals surface area contributed by atoms with Gasteiger partial charge < -0.3 is 14.4 Å². The van der Waals surface area contributed by atoms with Crippen molar-refractivity contribution in [2.75, 3.05) is 23.0 Å². The Labute approximate surface area is 203 Å². The second-order valence-electron chi connectivity index (χ2n) is 9.26. The first-order valence-corrected chi connectivity index (χ1v) is 12.2. The maximum atomic E-state index is 12.9. The molecule has 2 aromatic rings. The zero-order chi connectivity index (χ0) is 24.5. The molecule has 182 valence electrons. The molecule has 0 unspecified atom stereocenters. The van der Waals surface area contributed by atoms with Gasteiger partial charge in [-0.3, -0.25) is 19.2 Å². The molecule has 0 spiro atoms. The Hall–Kier alpha value is -3.68. The van der Waals surface area contributed by atoms with E-state index in [1.165, 1.54) is 4.90 Å². The Morgan fingerprint density at radius 2 is 1.60 bits per heavy atom. The monoisotopic (exact) mass is 476 g/mol. The average molecular weight is 477 g/mol. The minimum absolute atomic E-state index is 0.0538. The van der Waals surface area contributed by atoms with Crippen LogP contribution in [0, 0.1) is 17.8 Å². The van der Waals surface area contributed by atoms with Crippen molar-refractivity contribution < 1.29 is 28.7 Å². The highest BCUT2D eigenvalue weighted by Crippen LogP contribution is 2.40. The summed E-state index contributed by atoms with van der Waals surface area (Å²) in [6, 6.07) is 13.7. The predicted molar refractivity (Wildman–Crippen MR) is 128 cm³/mol. The highest BCUT2D eigenvalue weighted by molar-refractivity contribution is 6.22. The van der Waals surface area contributed by atoms with Gasteiger partial charge in [-0.2, -0.15) is 0 Å². The van der Waals surface area contributed by atoms with Gasteiger partial charge in [-0.1, -0.05) is 18.9 Å². The normalized spacial score (nSPS) is 24.0. The standard InChI is InChI=1S/C27H28N2O6/c1-2-34-20-12-10-18(11-13-20)28-16-17(14-24(28)30)27(33)35-21-7-5-6-19(15-21)29-25(31)22-8-3-4-9-23(22)26(29)32/h5-7,10-13,15,17,22-23H,2-4,8-9,14,16H2,1H3/t17-,22+,23+/m1/s1. The largest absolute Gasteiger partial charge is 0.494 e. The Balaban J connectivity index is 1.26. The Morgan fingerprint density at radius 3 is 2.26 bits per heavy atom. The van der Waals surface area contributed by atoms with Crippen LogP contribution in [0.4, 0.5) is 11.4 Å². The molecule has 1 aliphatic carbocycles. The topological polar surface area (TPSA) is 93.2 Å². The highest BCUT2D eigenvalue weighted by atomic mass is 16.5. The van der Waals surface area contributed by atoms with Gasteiger partial charge in [-0.05, 0) is 56.2 Å². The van der Waals surface area contributed by atoms with Crippen LogP contribution in [-0.4, -0.2) is 36.8 Å². The molecule has 8 nitrogen and oxygen atoms in total. The van der Waals surface area contributed by atoms with Crippen LogP contribution in [0.1, 0.15) is 39.0 Å². The summed E-state index contributed by atoms with van der Waals surface area (Å²) in [6.07, 6.45) is 3.44. The number of nitrogens with zero attached hydrogens (tertiary/aromatic N) is 2.